The first-order valence-electron chi connectivity index (χ1n) is 4.01. The molecule has 1 aromatic rings. The van der Waals surface area contributed by atoms with E-state index in [0.29, 0.717) is 5.33 Å². The van der Waals surface area contributed by atoms with E-state index >= 15 is 0 Å². The van der Waals surface area contributed by atoms with E-state index in [-0.39, 0.29) is 0 Å². The van der Waals surface area contributed by atoms with E-state index in [1.54, 1.807) is 6.92 Å². The molecule has 0 heterocycles. The zero-order valence-corrected chi connectivity index (χ0v) is 8.87. The normalized spacial score (nSPS) is 12.5. The van der Waals surface area contributed by atoms with Crippen LogP contribution in [0.2, 0.25) is 0 Å². The van der Waals surface area contributed by atoms with Gasteiger partial charge in [0.1, 0.15) is 0 Å². The minimum atomic E-state index is -1.03. The van der Waals surface area contributed by atoms with E-state index in [0.717, 1.165) is 11.1 Å². The second-order valence-corrected chi connectivity index (χ2v) is 3.43. The summed E-state index contributed by atoms with van der Waals surface area (Å²) in [5.41, 5.74) is 1.82. The fourth-order valence-electron chi connectivity index (χ4n) is 1.21. The van der Waals surface area contributed by atoms with Gasteiger partial charge in [-0.15, -0.1) is 0 Å². The average molecular weight is 242 g/mol. The van der Waals surface area contributed by atoms with E-state index in [9.17, 15) is 9.90 Å². The maximum absolute atomic E-state index is 10.6. The van der Waals surface area contributed by atoms with Gasteiger partial charge in [0, 0.05) is 17.2 Å². The van der Waals surface area contributed by atoms with Crippen molar-refractivity contribution < 1.29 is 9.90 Å². The molecular weight excluding hydrogens is 232 g/mol. The average Bonchev–Trinajstić information content (AvgIpc) is 2.16. The maximum Gasteiger partial charge on any atom is 0.0486 e. The Bertz CT molecular complexity index is 310. The van der Waals surface area contributed by atoms with E-state index in [4.69, 9.17) is 0 Å². The lowest BCUT2D eigenvalue weighted by atomic mass is 9.97. The number of carboxylic acid groups (broad SMARTS) is 1. The van der Waals surface area contributed by atoms with Gasteiger partial charge in [-0.1, -0.05) is 47.1 Å². The Morgan fingerprint density at radius 2 is 2.15 bits per heavy atom. The van der Waals surface area contributed by atoms with Crippen LogP contribution in [0.4, 0.5) is 0 Å². The molecule has 0 aliphatic carbocycles. The summed E-state index contributed by atoms with van der Waals surface area (Å²) >= 11 is 3.31. The number of carbonyl (C=O) groups is 1. The molecule has 1 aromatic carbocycles. The van der Waals surface area contributed by atoms with Crippen molar-refractivity contribution in [2.75, 3.05) is 0 Å². The minimum absolute atomic E-state index is 0.547. The number of rotatable bonds is 3. The van der Waals surface area contributed by atoms with Crippen LogP contribution in [-0.4, -0.2) is 5.97 Å². The Hall–Kier alpha value is -0.830. The highest BCUT2D eigenvalue weighted by Crippen LogP contribution is 2.21. The zero-order valence-electron chi connectivity index (χ0n) is 7.29. The number of hydrogen-bond donors (Lipinski definition) is 0. The lowest BCUT2D eigenvalue weighted by Gasteiger charge is -2.15. The number of benzene rings is 1. The van der Waals surface area contributed by atoms with Crippen LogP contribution in [0, 0.1) is 0 Å². The fraction of sp³-hybridized carbons (Fsp3) is 0.300. The molecule has 1 rings (SSSR count). The van der Waals surface area contributed by atoms with E-state index in [1.807, 2.05) is 24.3 Å². The SMILES string of the molecule is CC(C(=O)[O-])c1ccccc1CBr. The molecule has 1 atom stereocenters. The molecule has 0 aliphatic heterocycles. The molecule has 0 aromatic heterocycles. The first kappa shape index (κ1) is 10.3. The molecule has 3 heteroatoms. The summed E-state index contributed by atoms with van der Waals surface area (Å²) in [6.45, 7) is 1.64. The largest absolute Gasteiger partial charge is 0.550 e. The van der Waals surface area contributed by atoms with Crippen molar-refractivity contribution in [3.63, 3.8) is 0 Å². The van der Waals surface area contributed by atoms with Gasteiger partial charge in [0.05, 0.1) is 0 Å². The van der Waals surface area contributed by atoms with Crippen molar-refractivity contribution in [2.24, 2.45) is 0 Å². The molecule has 0 amide bonds. The van der Waals surface area contributed by atoms with Crippen LogP contribution in [0.15, 0.2) is 24.3 Å². The van der Waals surface area contributed by atoms with Crippen LogP contribution < -0.4 is 5.11 Å². The third-order valence-corrected chi connectivity index (χ3v) is 2.62. The van der Waals surface area contributed by atoms with E-state index in [2.05, 4.69) is 15.9 Å². The maximum atomic E-state index is 10.6. The molecule has 0 N–H and O–H groups in total. The molecule has 1 unspecified atom stereocenters. The van der Waals surface area contributed by atoms with Crippen molar-refractivity contribution >= 4 is 21.9 Å². The van der Waals surface area contributed by atoms with Crippen molar-refractivity contribution in [1.29, 1.82) is 0 Å². The van der Waals surface area contributed by atoms with Crippen LogP contribution in [0.5, 0.6) is 0 Å². The molecule has 0 bridgehead atoms. The van der Waals surface area contributed by atoms with Crippen molar-refractivity contribution in [3.05, 3.63) is 35.4 Å². The van der Waals surface area contributed by atoms with Crippen molar-refractivity contribution in [1.82, 2.24) is 0 Å². The second-order valence-electron chi connectivity index (χ2n) is 2.87. The topological polar surface area (TPSA) is 40.1 Å². The Kier molecular flexibility index (Phi) is 3.48. The van der Waals surface area contributed by atoms with Gasteiger partial charge in [-0.2, -0.15) is 0 Å². The summed E-state index contributed by atoms with van der Waals surface area (Å²) in [5.74, 6) is -1.58. The van der Waals surface area contributed by atoms with Gasteiger partial charge in [0.15, 0.2) is 0 Å². The molecular formula is C10H10BrO2-. The molecule has 0 radical (unpaired) electrons. The Labute approximate surface area is 85.7 Å². The summed E-state index contributed by atoms with van der Waals surface area (Å²) in [4.78, 5) is 10.6. The number of halogens is 1. The Morgan fingerprint density at radius 1 is 1.54 bits per heavy atom. The predicted octanol–water partition coefficient (Wildman–Crippen LogP) is 1.43. The predicted molar refractivity (Wildman–Crippen MR) is 52.5 cm³/mol. The lowest BCUT2D eigenvalue weighted by Crippen LogP contribution is -2.28. The van der Waals surface area contributed by atoms with E-state index < -0.39 is 11.9 Å². The van der Waals surface area contributed by atoms with Gasteiger partial charge in [-0.05, 0) is 11.1 Å². The molecule has 0 aliphatic rings. The molecule has 0 spiro atoms. The van der Waals surface area contributed by atoms with Crippen LogP contribution >= 0.6 is 15.9 Å². The first-order valence-corrected chi connectivity index (χ1v) is 5.13. The highest BCUT2D eigenvalue weighted by Gasteiger charge is 2.09. The van der Waals surface area contributed by atoms with Gasteiger partial charge in [0.25, 0.3) is 0 Å². The smallest absolute Gasteiger partial charge is 0.0486 e. The first-order chi connectivity index (χ1) is 6.16. The summed E-state index contributed by atoms with van der Waals surface area (Å²) in [6.07, 6.45) is 0. The number of hydrogen-bond acceptors (Lipinski definition) is 2. The van der Waals surface area contributed by atoms with Gasteiger partial charge in [-0.3, -0.25) is 0 Å². The zero-order chi connectivity index (χ0) is 9.84. The van der Waals surface area contributed by atoms with Crippen LogP contribution in [0.1, 0.15) is 24.0 Å². The number of alkyl halides is 1. The standard InChI is InChI=1S/C10H11BrO2/c1-7(10(12)13)9-5-3-2-4-8(9)6-11/h2-5,7H,6H2,1H3,(H,12,13)/p-1. The summed E-state index contributed by atoms with van der Waals surface area (Å²) < 4.78 is 0. The minimum Gasteiger partial charge on any atom is -0.550 e. The molecule has 0 fully saturated rings. The molecule has 0 saturated heterocycles. The Balaban J connectivity index is 3.05. The van der Waals surface area contributed by atoms with Gasteiger partial charge in [0.2, 0.25) is 0 Å². The van der Waals surface area contributed by atoms with Gasteiger partial charge >= 0.3 is 0 Å². The lowest BCUT2D eigenvalue weighted by molar-refractivity contribution is -0.307. The second kappa shape index (κ2) is 4.42. The van der Waals surface area contributed by atoms with Crippen molar-refractivity contribution in [3.8, 4) is 0 Å². The van der Waals surface area contributed by atoms with Crippen LogP contribution in [0.3, 0.4) is 0 Å². The summed E-state index contributed by atoms with van der Waals surface area (Å²) in [6, 6.07) is 7.45. The molecule has 2 nitrogen and oxygen atoms in total. The highest BCUT2D eigenvalue weighted by atomic mass is 79.9. The number of carboxylic acids is 1. The third kappa shape index (κ3) is 2.31. The monoisotopic (exact) mass is 241 g/mol. The van der Waals surface area contributed by atoms with Gasteiger partial charge in [-0.25, -0.2) is 0 Å². The molecule has 0 saturated carbocycles. The number of carbonyl (C=O) groups excluding carboxylic acids is 1. The number of aliphatic carboxylic acids is 1. The van der Waals surface area contributed by atoms with Gasteiger partial charge < -0.3 is 9.90 Å². The summed E-state index contributed by atoms with van der Waals surface area (Å²) in [5, 5.41) is 11.3. The third-order valence-electron chi connectivity index (χ3n) is 2.02. The van der Waals surface area contributed by atoms with Crippen LogP contribution in [0.25, 0.3) is 0 Å². The highest BCUT2D eigenvalue weighted by molar-refractivity contribution is 9.08. The fourth-order valence-corrected chi connectivity index (χ4v) is 1.72. The summed E-state index contributed by atoms with van der Waals surface area (Å²) in [7, 11) is 0. The Morgan fingerprint density at radius 3 is 2.69 bits per heavy atom. The van der Waals surface area contributed by atoms with E-state index in [1.165, 1.54) is 0 Å². The molecule has 13 heavy (non-hydrogen) atoms. The van der Waals surface area contributed by atoms with Crippen molar-refractivity contribution in [2.45, 2.75) is 18.2 Å². The van der Waals surface area contributed by atoms with Crippen LogP contribution in [-0.2, 0) is 10.1 Å². The quantitative estimate of drug-likeness (QED) is 0.752. The molecule has 70 valence electrons.